The van der Waals surface area contributed by atoms with Crippen molar-refractivity contribution in [3.63, 3.8) is 0 Å². The monoisotopic (exact) mass is 356 g/mol. The van der Waals surface area contributed by atoms with Gasteiger partial charge in [0, 0.05) is 44.1 Å². The fraction of sp³-hybridized carbons (Fsp3) is 0.765. The summed E-state index contributed by atoms with van der Waals surface area (Å²) in [6, 6.07) is 0. The number of rotatable bonds is 4. The van der Waals surface area contributed by atoms with Gasteiger partial charge >= 0.3 is 6.09 Å². The highest BCUT2D eigenvalue weighted by molar-refractivity contribution is 5.66. The van der Waals surface area contributed by atoms with Gasteiger partial charge in [-0.25, -0.2) is 4.79 Å². The van der Waals surface area contributed by atoms with Crippen LogP contribution in [0.25, 0.3) is 0 Å². The molecule has 0 bridgehead atoms. The molecule has 3 rings (SSSR count). The maximum absolute atomic E-state index is 14.8. The number of nitrogens with one attached hydrogen (secondary N) is 2. The number of hydrogen-bond acceptors (Lipinski definition) is 4. The number of fused-ring (bicyclic) bond motifs is 3. The Kier molecular flexibility index (Phi) is 5.27. The molecule has 2 N–H and O–H groups in total. The summed E-state index contributed by atoms with van der Waals surface area (Å²) in [5.41, 5.74) is 1.57. The van der Waals surface area contributed by atoms with E-state index in [-0.39, 0.29) is 24.0 Å². The molecule has 2 unspecified atom stereocenters. The van der Waals surface area contributed by atoms with Gasteiger partial charge in [0.2, 0.25) is 0 Å². The van der Waals surface area contributed by atoms with E-state index in [1.54, 1.807) is 0 Å². The largest absolute Gasteiger partial charge is 0.453 e. The first-order valence-corrected chi connectivity index (χ1v) is 8.96. The number of carbonyl (C=O) groups is 1. The molecule has 1 aromatic heterocycles. The molecule has 1 amide bonds. The Morgan fingerprint density at radius 1 is 1.52 bits per heavy atom. The van der Waals surface area contributed by atoms with E-state index in [0.717, 1.165) is 25.1 Å². The van der Waals surface area contributed by atoms with Gasteiger partial charge < -0.3 is 15.4 Å². The van der Waals surface area contributed by atoms with Crippen LogP contribution >= 0.6 is 0 Å². The molecule has 3 heterocycles. The zero-order valence-electron chi connectivity index (χ0n) is 14.8. The normalized spacial score (nSPS) is 24.8. The summed E-state index contributed by atoms with van der Waals surface area (Å²) in [6.45, 7) is 4.03. The first-order chi connectivity index (χ1) is 12.0. The Morgan fingerprint density at radius 3 is 3.04 bits per heavy atom. The van der Waals surface area contributed by atoms with Crippen LogP contribution < -0.4 is 10.6 Å². The molecule has 0 aromatic carbocycles. The van der Waals surface area contributed by atoms with Crippen molar-refractivity contribution in [3.8, 4) is 0 Å². The van der Waals surface area contributed by atoms with Crippen molar-refractivity contribution in [1.29, 1.82) is 0 Å². The molecular formula is C17H26F2N4O2. The first kappa shape index (κ1) is 18.1. The summed E-state index contributed by atoms with van der Waals surface area (Å²) >= 11 is 0. The van der Waals surface area contributed by atoms with Crippen LogP contribution in [0.5, 0.6) is 0 Å². The third-order valence-corrected chi connectivity index (χ3v) is 5.16. The van der Waals surface area contributed by atoms with Crippen LogP contribution in [0.2, 0.25) is 0 Å². The fourth-order valence-electron chi connectivity index (χ4n) is 3.92. The maximum Gasteiger partial charge on any atom is 0.406 e. The molecule has 0 spiro atoms. The molecular weight excluding hydrogens is 330 g/mol. The van der Waals surface area contributed by atoms with Crippen molar-refractivity contribution in [1.82, 2.24) is 20.4 Å². The van der Waals surface area contributed by atoms with E-state index in [1.165, 1.54) is 11.8 Å². The number of amides is 1. The standard InChI is InChI=1S/C17H26F2N4O2/c1-3-4-12-8-20-9-13-14(12)22-23-10-11(7-21-16(24)25-2)5-6-17(18,19)15(13)23/h11-12,20H,3-10H2,1-2H3,(H,21,24). The number of halogens is 2. The van der Waals surface area contributed by atoms with Crippen molar-refractivity contribution in [2.45, 2.75) is 57.5 Å². The molecule has 2 atom stereocenters. The minimum Gasteiger partial charge on any atom is -0.453 e. The van der Waals surface area contributed by atoms with E-state index in [1.807, 2.05) is 0 Å². The summed E-state index contributed by atoms with van der Waals surface area (Å²) in [5.74, 6) is -2.79. The van der Waals surface area contributed by atoms with Crippen LogP contribution in [0.4, 0.5) is 13.6 Å². The Hall–Kier alpha value is -1.70. The Balaban J connectivity index is 1.88. The first-order valence-electron chi connectivity index (χ1n) is 8.96. The third-order valence-electron chi connectivity index (χ3n) is 5.16. The molecule has 140 valence electrons. The van der Waals surface area contributed by atoms with Crippen molar-refractivity contribution >= 4 is 6.09 Å². The summed E-state index contributed by atoms with van der Waals surface area (Å²) in [4.78, 5) is 11.3. The van der Waals surface area contributed by atoms with E-state index in [4.69, 9.17) is 0 Å². The van der Waals surface area contributed by atoms with Gasteiger partial charge in [0.15, 0.2) is 0 Å². The lowest BCUT2D eigenvalue weighted by molar-refractivity contribution is -0.0214. The highest BCUT2D eigenvalue weighted by Gasteiger charge is 2.43. The third kappa shape index (κ3) is 3.63. The zero-order chi connectivity index (χ0) is 18.0. The van der Waals surface area contributed by atoms with Crippen LogP contribution in [0.15, 0.2) is 0 Å². The number of methoxy groups -OCH3 is 1. The van der Waals surface area contributed by atoms with Crippen LogP contribution in [0.3, 0.4) is 0 Å². The summed E-state index contributed by atoms with van der Waals surface area (Å²) in [5, 5.41) is 10.5. The van der Waals surface area contributed by atoms with E-state index in [9.17, 15) is 13.6 Å². The Morgan fingerprint density at radius 2 is 2.32 bits per heavy atom. The molecule has 0 saturated heterocycles. The average molecular weight is 356 g/mol. The van der Waals surface area contributed by atoms with Gasteiger partial charge in [0.05, 0.1) is 12.8 Å². The van der Waals surface area contributed by atoms with Gasteiger partial charge in [-0.1, -0.05) is 13.3 Å². The lowest BCUT2D eigenvalue weighted by atomic mass is 9.91. The SMILES string of the molecule is CCCC1CNCc2c1nn1c2C(F)(F)CCC(CNC(=O)OC)C1. The Bertz CT molecular complexity index is 632. The molecule has 25 heavy (non-hydrogen) atoms. The number of hydrogen-bond donors (Lipinski definition) is 2. The maximum atomic E-state index is 14.8. The molecule has 0 fully saturated rings. The van der Waals surface area contributed by atoms with Gasteiger partial charge in [-0.15, -0.1) is 0 Å². The lowest BCUT2D eigenvalue weighted by Gasteiger charge is -2.24. The molecule has 2 aliphatic heterocycles. The lowest BCUT2D eigenvalue weighted by Crippen LogP contribution is -2.31. The summed E-state index contributed by atoms with van der Waals surface area (Å²) < 4.78 is 35.7. The Labute approximate surface area is 146 Å². The molecule has 0 saturated carbocycles. The van der Waals surface area contributed by atoms with E-state index in [2.05, 4.69) is 27.4 Å². The second kappa shape index (κ2) is 7.27. The van der Waals surface area contributed by atoms with Crippen LogP contribution in [0.1, 0.15) is 55.5 Å². The van der Waals surface area contributed by atoms with Crippen LogP contribution in [-0.2, 0) is 23.7 Å². The highest BCUT2D eigenvalue weighted by Crippen LogP contribution is 2.42. The van der Waals surface area contributed by atoms with Gasteiger partial charge in [0.1, 0.15) is 5.69 Å². The molecule has 8 heteroatoms. The molecule has 0 radical (unpaired) electrons. The molecule has 6 nitrogen and oxygen atoms in total. The average Bonchev–Trinajstić information content (AvgIpc) is 2.91. The number of ether oxygens (including phenoxy) is 1. The van der Waals surface area contributed by atoms with Gasteiger partial charge in [-0.05, 0) is 18.8 Å². The quantitative estimate of drug-likeness (QED) is 0.870. The summed E-state index contributed by atoms with van der Waals surface area (Å²) in [7, 11) is 1.29. The smallest absolute Gasteiger partial charge is 0.406 e. The van der Waals surface area contributed by atoms with Gasteiger partial charge in [0.25, 0.3) is 5.92 Å². The molecule has 1 aromatic rings. The van der Waals surface area contributed by atoms with E-state index >= 15 is 0 Å². The number of alkyl halides is 2. The number of carbonyl (C=O) groups excluding carboxylic acids is 1. The highest BCUT2D eigenvalue weighted by atomic mass is 19.3. The van der Waals surface area contributed by atoms with E-state index < -0.39 is 12.0 Å². The van der Waals surface area contributed by atoms with Gasteiger partial charge in [-0.3, -0.25) is 4.68 Å². The van der Waals surface area contributed by atoms with Crippen LogP contribution in [-0.4, -0.2) is 36.1 Å². The molecule has 2 aliphatic rings. The second-order valence-corrected chi connectivity index (χ2v) is 6.99. The predicted octanol–water partition coefficient (Wildman–Crippen LogP) is 2.73. The van der Waals surface area contributed by atoms with Crippen molar-refractivity contribution in [2.24, 2.45) is 5.92 Å². The minimum atomic E-state index is -2.89. The second-order valence-electron chi connectivity index (χ2n) is 6.99. The minimum absolute atomic E-state index is 0.0661. The predicted molar refractivity (Wildman–Crippen MR) is 88.6 cm³/mol. The van der Waals surface area contributed by atoms with Crippen LogP contribution in [0, 0.1) is 5.92 Å². The van der Waals surface area contributed by atoms with Crippen molar-refractivity contribution in [2.75, 3.05) is 20.2 Å². The topological polar surface area (TPSA) is 68.2 Å². The fourth-order valence-corrected chi connectivity index (χ4v) is 3.92. The zero-order valence-corrected chi connectivity index (χ0v) is 14.8. The number of nitrogens with zero attached hydrogens (tertiary/aromatic N) is 2. The number of alkyl carbamates (subject to hydrolysis) is 1. The van der Waals surface area contributed by atoms with Crippen molar-refractivity contribution < 1.29 is 18.3 Å². The van der Waals surface area contributed by atoms with Gasteiger partial charge in [-0.2, -0.15) is 13.9 Å². The number of aromatic nitrogens is 2. The van der Waals surface area contributed by atoms with Crippen molar-refractivity contribution in [3.05, 3.63) is 17.0 Å². The van der Waals surface area contributed by atoms with E-state index in [0.29, 0.717) is 31.6 Å². The summed E-state index contributed by atoms with van der Waals surface area (Å²) in [6.07, 6.45) is 1.51. The molecule has 0 aliphatic carbocycles.